The van der Waals surface area contributed by atoms with E-state index < -0.39 is 33.7 Å². The van der Waals surface area contributed by atoms with Crippen molar-refractivity contribution < 1.29 is 27.9 Å². The van der Waals surface area contributed by atoms with Gasteiger partial charge >= 0.3 is 12.1 Å². The Kier molecular flexibility index (Phi) is 5.81. The Bertz CT molecular complexity index is 771. The summed E-state index contributed by atoms with van der Waals surface area (Å²) >= 11 is 4.20. The molecule has 0 aromatic carbocycles. The van der Waals surface area contributed by atoms with Gasteiger partial charge in [-0.2, -0.15) is 4.31 Å². The lowest BCUT2D eigenvalue weighted by Crippen LogP contribution is -2.59. The molecule has 1 N–H and O–H groups in total. The molecule has 1 fully saturated rings. The first-order valence-electron chi connectivity index (χ1n) is 7.40. The average molecular weight is 455 g/mol. The van der Waals surface area contributed by atoms with Crippen LogP contribution in [0.1, 0.15) is 20.8 Å². The molecule has 8 nitrogen and oxygen atoms in total. The van der Waals surface area contributed by atoms with E-state index in [0.717, 1.165) is 15.6 Å². The zero-order valence-electron chi connectivity index (χ0n) is 13.9. The lowest BCUT2D eigenvalue weighted by atomic mass is 10.2. The quantitative estimate of drug-likeness (QED) is 0.750. The van der Waals surface area contributed by atoms with Gasteiger partial charge in [0.1, 0.15) is 15.9 Å². The highest BCUT2D eigenvalue weighted by atomic mass is 79.9. The highest BCUT2D eigenvalue weighted by Gasteiger charge is 2.42. The first kappa shape index (κ1) is 20.1. The van der Waals surface area contributed by atoms with E-state index in [1.807, 2.05) is 0 Å². The summed E-state index contributed by atoms with van der Waals surface area (Å²) in [5.41, 5.74) is -0.720. The van der Waals surface area contributed by atoms with Crippen molar-refractivity contribution >= 4 is 49.4 Å². The number of carbonyl (C=O) groups excluding carboxylic acids is 1. The molecule has 1 aromatic heterocycles. The lowest BCUT2D eigenvalue weighted by Gasteiger charge is -2.38. The molecule has 140 valence electrons. The SMILES string of the molecule is CC(C)(C)OC(=O)N1CCN(S(=O)(=O)c2ccc(Br)s2)C(C(=O)O)C1. The molecule has 25 heavy (non-hydrogen) atoms. The molecule has 1 unspecified atom stereocenters. The predicted octanol–water partition coefficient (Wildman–Crippen LogP) is 2.21. The molecule has 1 atom stereocenters. The van der Waals surface area contributed by atoms with E-state index in [1.165, 1.54) is 11.0 Å². The molecule has 0 saturated carbocycles. The van der Waals surface area contributed by atoms with Crippen LogP contribution in [0.4, 0.5) is 4.79 Å². The molecule has 2 heterocycles. The Morgan fingerprint density at radius 1 is 1.32 bits per heavy atom. The minimum atomic E-state index is -3.96. The maximum atomic E-state index is 12.7. The highest BCUT2D eigenvalue weighted by molar-refractivity contribution is 9.11. The van der Waals surface area contributed by atoms with Crippen LogP contribution in [0.5, 0.6) is 0 Å². The summed E-state index contributed by atoms with van der Waals surface area (Å²) in [6.07, 6.45) is -0.658. The van der Waals surface area contributed by atoms with Gasteiger partial charge in [-0.3, -0.25) is 4.79 Å². The molecule has 0 bridgehead atoms. The molecule has 1 amide bonds. The molecule has 0 radical (unpaired) electrons. The number of nitrogens with zero attached hydrogens (tertiary/aromatic N) is 2. The van der Waals surface area contributed by atoms with Gasteiger partial charge in [-0.15, -0.1) is 11.3 Å². The number of aliphatic carboxylic acids is 1. The van der Waals surface area contributed by atoms with Crippen LogP contribution in [0, 0.1) is 0 Å². The summed E-state index contributed by atoms with van der Waals surface area (Å²) in [5.74, 6) is -1.31. The van der Waals surface area contributed by atoms with Gasteiger partial charge in [0.05, 0.1) is 10.3 Å². The molecule has 2 rings (SSSR count). The van der Waals surface area contributed by atoms with E-state index in [0.29, 0.717) is 3.79 Å². The van der Waals surface area contributed by atoms with Crippen molar-refractivity contribution in [1.29, 1.82) is 0 Å². The molecule has 0 aliphatic carbocycles. The summed E-state index contributed by atoms with van der Waals surface area (Å²) < 4.78 is 32.3. The van der Waals surface area contributed by atoms with Crippen LogP contribution < -0.4 is 0 Å². The predicted molar refractivity (Wildman–Crippen MR) is 95.1 cm³/mol. The number of hydrogen-bond donors (Lipinski definition) is 1. The van der Waals surface area contributed by atoms with E-state index in [9.17, 15) is 23.1 Å². The third-order valence-corrected chi connectivity index (χ3v) is 7.38. The van der Waals surface area contributed by atoms with Gasteiger partial charge < -0.3 is 14.7 Å². The van der Waals surface area contributed by atoms with Crippen molar-refractivity contribution in [3.05, 3.63) is 15.9 Å². The van der Waals surface area contributed by atoms with E-state index in [2.05, 4.69) is 15.9 Å². The number of hydrogen-bond acceptors (Lipinski definition) is 6. The second-order valence-electron chi connectivity index (χ2n) is 6.45. The molecule has 1 aromatic rings. The third-order valence-electron chi connectivity index (χ3n) is 3.38. The van der Waals surface area contributed by atoms with Crippen molar-refractivity contribution in [2.45, 2.75) is 36.6 Å². The van der Waals surface area contributed by atoms with Crippen LogP contribution in [-0.4, -0.2) is 66.1 Å². The smallest absolute Gasteiger partial charge is 0.410 e. The van der Waals surface area contributed by atoms with Crippen LogP contribution in [0.2, 0.25) is 0 Å². The van der Waals surface area contributed by atoms with Crippen molar-refractivity contribution in [3.8, 4) is 0 Å². The number of carboxylic acids is 1. The van der Waals surface area contributed by atoms with Gasteiger partial charge in [-0.1, -0.05) is 0 Å². The Labute approximate surface area is 158 Å². The van der Waals surface area contributed by atoms with Gasteiger partial charge in [0.2, 0.25) is 0 Å². The summed E-state index contributed by atoms with van der Waals surface area (Å²) in [6, 6.07) is 1.64. The maximum Gasteiger partial charge on any atom is 0.410 e. The second-order valence-corrected chi connectivity index (χ2v) is 11.0. The van der Waals surface area contributed by atoms with Gasteiger partial charge in [0.15, 0.2) is 0 Å². The average Bonchev–Trinajstić information content (AvgIpc) is 2.92. The summed E-state index contributed by atoms with van der Waals surface area (Å²) in [4.78, 5) is 25.0. The molecule has 0 spiro atoms. The Morgan fingerprint density at radius 3 is 2.44 bits per heavy atom. The van der Waals surface area contributed by atoms with Crippen LogP contribution in [0.3, 0.4) is 0 Å². The van der Waals surface area contributed by atoms with Crippen LogP contribution in [-0.2, 0) is 19.6 Å². The number of thiophene rings is 1. The molecule has 1 saturated heterocycles. The summed E-state index contributed by atoms with van der Waals surface area (Å²) in [5, 5.41) is 9.47. The zero-order valence-corrected chi connectivity index (χ0v) is 17.1. The van der Waals surface area contributed by atoms with E-state index in [1.54, 1.807) is 26.8 Å². The summed E-state index contributed by atoms with van der Waals surface area (Å²) in [6.45, 7) is 4.79. The number of amides is 1. The normalized spacial score (nSPS) is 19.7. The second kappa shape index (κ2) is 7.22. The fourth-order valence-electron chi connectivity index (χ4n) is 2.30. The number of rotatable bonds is 3. The highest BCUT2D eigenvalue weighted by Crippen LogP contribution is 2.30. The van der Waals surface area contributed by atoms with Crippen LogP contribution in [0.25, 0.3) is 0 Å². The van der Waals surface area contributed by atoms with Crippen molar-refractivity contribution in [2.75, 3.05) is 19.6 Å². The first-order chi connectivity index (χ1) is 11.4. The summed E-state index contributed by atoms with van der Waals surface area (Å²) in [7, 11) is -3.96. The number of carboxylic acid groups (broad SMARTS) is 1. The van der Waals surface area contributed by atoms with Crippen molar-refractivity contribution in [1.82, 2.24) is 9.21 Å². The minimum Gasteiger partial charge on any atom is -0.480 e. The topological polar surface area (TPSA) is 104 Å². The standard InChI is InChI=1S/C14H19BrN2O6S2/c1-14(2,3)23-13(20)16-6-7-17(9(8-16)12(18)19)25(21,22)11-5-4-10(15)24-11/h4-5,9H,6-8H2,1-3H3,(H,18,19). The Morgan fingerprint density at radius 2 is 1.96 bits per heavy atom. The van der Waals surface area contributed by atoms with E-state index >= 15 is 0 Å². The monoisotopic (exact) mass is 454 g/mol. The van der Waals surface area contributed by atoms with E-state index in [-0.39, 0.29) is 23.8 Å². The van der Waals surface area contributed by atoms with Crippen LogP contribution >= 0.6 is 27.3 Å². The van der Waals surface area contributed by atoms with Crippen molar-refractivity contribution in [3.63, 3.8) is 0 Å². The molecular weight excluding hydrogens is 436 g/mol. The minimum absolute atomic E-state index is 0.0522. The number of ether oxygens (including phenoxy) is 1. The fourth-order valence-corrected chi connectivity index (χ4v) is 6.00. The molecular formula is C14H19BrN2O6S2. The number of sulfonamides is 1. The van der Waals surface area contributed by atoms with Crippen LogP contribution in [0.15, 0.2) is 20.1 Å². The Hall–Kier alpha value is -1.17. The first-order valence-corrected chi connectivity index (χ1v) is 10.4. The van der Waals surface area contributed by atoms with Gasteiger partial charge in [0.25, 0.3) is 10.0 Å². The van der Waals surface area contributed by atoms with Crippen molar-refractivity contribution in [2.24, 2.45) is 0 Å². The molecule has 1 aliphatic heterocycles. The van der Waals surface area contributed by atoms with Gasteiger partial charge in [0, 0.05) is 13.1 Å². The number of halogens is 1. The third kappa shape index (κ3) is 4.72. The Balaban J connectivity index is 2.23. The molecule has 1 aliphatic rings. The largest absolute Gasteiger partial charge is 0.480 e. The lowest BCUT2D eigenvalue weighted by molar-refractivity contribution is -0.143. The number of piperazine rings is 1. The number of carbonyl (C=O) groups is 2. The van der Waals surface area contributed by atoms with Gasteiger partial charge in [-0.25, -0.2) is 13.2 Å². The van der Waals surface area contributed by atoms with Gasteiger partial charge in [-0.05, 0) is 48.8 Å². The molecule has 11 heteroatoms. The zero-order chi connectivity index (χ0) is 19.0. The maximum absolute atomic E-state index is 12.7. The van der Waals surface area contributed by atoms with E-state index in [4.69, 9.17) is 4.74 Å². The fraction of sp³-hybridized carbons (Fsp3) is 0.571.